The Morgan fingerprint density at radius 1 is 0.621 bits per heavy atom. The van der Waals surface area contributed by atoms with Crippen LogP contribution in [0.1, 0.15) is 11.1 Å². The zero-order valence-corrected chi connectivity index (χ0v) is 17.0. The van der Waals surface area contributed by atoms with Gasteiger partial charge in [-0.1, -0.05) is 42.5 Å². The smallest absolute Gasteiger partial charge is 0.127 e. The third-order valence-corrected chi connectivity index (χ3v) is 5.31. The highest BCUT2D eigenvalue weighted by atomic mass is 16.5. The Kier molecular flexibility index (Phi) is 6.45. The van der Waals surface area contributed by atoms with Gasteiger partial charge in [0.1, 0.15) is 17.2 Å². The first-order valence-electron chi connectivity index (χ1n) is 10.2. The molecule has 3 aromatic rings. The highest BCUT2D eigenvalue weighted by Gasteiger charge is 2.17. The van der Waals surface area contributed by atoms with Gasteiger partial charge in [0, 0.05) is 39.3 Å². The Hall–Kier alpha value is -2.82. The summed E-state index contributed by atoms with van der Waals surface area (Å²) in [6, 6.07) is 26.8. The van der Waals surface area contributed by atoms with Crippen LogP contribution in [-0.2, 0) is 13.1 Å². The molecule has 0 bridgehead atoms. The van der Waals surface area contributed by atoms with Gasteiger partial charge < -0.3 is 9.47 Å². The largest absolute Gasteiger partial charge is 0.497 e. The SMILES string of the molecule is COc1ccc(CN2CCN(Cc3cccc(Oc4ccccc4)c3)CC2)cc1. The Morgan fingerprint density at radius 3 is 1.90 bits per heavy atom. The Labute approximate surface area is 173 Å². The van der Waals surface area contributed by atoms with Crippen LogP contribution in [-0.4, -0.2) is 43.1 Å². The monoisotopic (exact) mass is 388 g/mol. The number of piperazine rings is 1. The van der Waals surface area contributed by atoms with Gasteiger partial charge in [-0.3, -0.25) is 9.80 Å². The second kappa shape index (κ2) is 9.59. The van der Waals surface area contributed by atoms with Gasteiger partial charge in [0.05, 0.1) is 7.11 Å². The maximum atomic E-state index is 5.97. The van der Waals surface area contributed by atoms with Gasteiger partial charge in [-0.15, -0.1) is 0 Å². The second-order valence-electron chi connectivity index (χ2n) is 7.46. The van der Waals surface area contributed by atoms with E-state index in [1.807, 2.05) is 48.5 Å². The van der Waals surface area contributed by atoms with Crippen LogP contribution in [0.15, 0.2) is 78.9 Å². The fraction of sp³-hybridized carbons (Fsp3) is 0.280. The fourth-order valence-electron chi connectivity index (χ4n) is 3.68. The first kappa shape index (κ1) is 19.5. The molecule has 1 aliphatic heterocycles. The minimum absolute atomic E-state index is 0.872. The third kappa shape index (κ3) is 5.59. The number of rotatable bonds is 7. The number of hydrogen-bond acceptors (Lipinski definition) is 4. The topological polar surface area (TPSA) is 24.9 Å². The molecule has 150 valence electrons. The van der Waals surface area contributed by atoms with E-state index in [0.29, 0.717) is 0 Å². The van der Waals surface area contributed by atoms with Gasteiger partial charge in [-0.2, -0.15) is 0 Å². The average molecular weight is 389 g/mol. The molecule has 3 aromatic carbocycles. The lowest BCUT2D eigenvalue weighted by Crippen LogP contribution is -2.45. The van der Waals surface area contributed by atoms with Crippen LogP contribution in [0.25, 0.3) is 0 Å². The summed E-state index contributed by atoms with van der Waals surface area (Å²) in [7, 11) is 1.71. The molecule has 0 amide bonds. The molecule has 0 aromatic heterocycles. The van der Waals surface area contributed by atoms with Crippen molar-refractivity contribution in [3.8, 4) is 17.2 Å². The van der Waals surface area contributed by atoms with E-state index >= 15 is 0 Å². The van der Waals surface area contributed by atoms with E-state index in [0.717, 1.165) is 56.5 Å². The van der Waals surface area contributed by atoms with E-state index in [9.17, 15) is 0 Å². The highest BCUT2D eigenvalue weighted by Crippen LogP contribution is 2.23. The summed E-state index contributed by atoms with van der Waals surface area (Å²) in [5.41, 5.74) is 2.63. The molecule has 4 nitrogen and oxygen atoms in total. The van der Waals surface area contributed by atoms with Crippen LogP contribution >= 0.6 is 0 Å². The van der Waals surface area contributed by atoms with Crippen molar-refractivity contribution in [2.24, 2.45) is 0 Å². The van der Waals surface area contributed by atoms with Crippen LogP contribution in [0.2, 0.25) is 0 Å². The molecular weight excluding hydrogens is 360 g/mol. The van der Waals surface area contributed by atoms with Crippen molar-refractivity contribution < 1.29 is 9.47 Å². The zero-order chi connectivity index (χ0) is 19.9. The summed E-state index contributed by atoms with van der Waals surface area (Å²) in [6.07, 6.45) is 0. The second-order valence-corrected chi connectivity index (χ2v) is 7.46. The van der Waals surface area contributed by atoms with E-state index in [2.05, 4.69) is 40.1 Å². The number of ether oxygens (including phenoxy) is 2. The molecule has 0 saturated carbocycles. The summed E-state index contributed by atoms with van der Waals surface area (Å²) in [6.45, 7) is 6.30. The molecule has 29 heavy (non-hydrogen) atoms. The summed E-state index contributed by atoms with van der Waals surface area (Å²) in [5, 5.41) is 0. The fourth-order valence-corrected chi connectivity index (χ4v) is 3.68. The predicted molar refractivity (Wildman–Crippen MR) is 117 cm³/mol. The molecule has 1 saturated heterocycles. The van der Waals surface area contributed by atoms with Crippen molar-refractivity contribution >= 4 is 0 Å². The number of nitrogens with zero attached hydrogens (tertiary/aromatic N) is 2. The summed E-state index contributed by atoms with van der Waals surface area (Å²) >= 11 is 0. The zero-order valence-electron chi connectivity index (χ0n) is 17.0. The molecule has 0 radical (unpaired) electrons. The predicted octanol–water partition coefficient (Wildman–Crippen LogP) is 4.81. The van der Waals surface area contributed by atoms with Crippen molar-refractivity contribution in [2.45, 2.75) is 13.1 Å². The van der Waals surface area contributed by atoms with E-state index in [1.54, 1.807) is 7.11 Å². The lowest BCUT2D eigenvalue weighted by Gasteiger charge is -2.34. The lowest BCUT2D eigenvalue weighted by molar-refractivity contribution is 0.122. The summed E-state index contributed by atoms with van der Waals surface area (Å²) in [4.78, 5) is 5.04. The van der Waals surface area contributed by atoms with Crippen LogP contribution in [0, 0.1) is 0 Å². The first-order chi connectivity index (χ1) is 14.3. The number of para-hydroxylation sites is 1. The molecule has 0 atom stereocenters. The highest BCUT2D eigenvalue weighted by molar-refractivity contribution is 5.34. The number of hydrogen-bond donors (Lipinski definition) is 0. The van der Waals surface area contributed by atoms with Gasteiger partial charge in [0.25, 0.3) is 0 Å². The van der Waals surface area contributed by atoms with Gasteiger partial charge in [-0.05, 0) is 47.5 Å². The van der Waals surface area contributed by atoms with Crippen molar-refractivity contribution in [1.29, 1.82) is 0 Å². The standard InChI is InChI=1S/C25H28N2O2/c1-28-23-12-10-21(11-13-23)19-26-14-16-27(17-15-26)20-22-6-5-9-25(18-22)29-24-7-3-2-4-8-24/h2-13,18H,14-17,19-20H2,1H3. The Bertz CT molecular complexity index is 888. The minimum atomic E-state index is 0.872. The Balaban J connectivity index is 1.27. The summed E-state index contributed by atoms with van der Waals surface area (Å²) < 4.78 is 11.2. The molecule has 0 unspecified atom stereocenters. The normalized spacial score (nSPS) is 15.2. The lowest BCUT2D eigenvalue weighted by atomic mass is 10.1. The van der Waals surface area contributed by atoms with Crippen molar-refractivity contribution in [3.05, 3.63) is 90.0 Å². The number of benzene rings is 3. The van der Waals surface area contributed by atoms with Gasteiger partial charge in [0.2, 0.25) is 0 Å². The number of methoxy groups -OCH3 is 1. The van der Waals surface area contributed by atoms with Gasteiger partial charge in [-0.25, -0.2) is 0 Å². The molecule has 4 rings (SSSR count). The molecule has 0 spiro atoms. The van der Waals surface area contributed by atoms with Gasteiger partial charge in [0.15, 0.2) is 0 Å². The van der Waals surface area contributed by atoms with Crippen LogP contribution in [0.5, 0.6) is 17.2 Å². The van der Waals surface area contributed by atoms with E-state index in [4.69, 9.17) is 9.47 Å². The van der Waals surface area contributed by atoms with Crippen molar-refractivity contribution in [1.82, 2.24) is 9.80 Å². The van der Waals surface area contributed by atoms with E-state index < -0.39 is 0 Å². The van der Waals surface area contributed by atoms with E-state index in [-0.39, 0.29) is 0 Å². The maximum Gasteiger partial charge on any atom is 0.127 e. The first-order valence-corrected chi connectivity index (χ1v) is 10.2. The van der Waals surface area contributed by atoms with Crippen LogP contribution < -0.4 is 9.47 Å². The minimum Gasteiger partial charge on any atom is -0.497 e. The molecule has 4 heteroatoms. The molecule has 0 N–H and O–H groups in total. The van der Waals surface area contributed by atoms with Crippen LogP contribution in [0.4, 0.5) is 0 Å². The van der Waals surface area contributed by atoms with Gasteiger partial charge >= 0.3 is 0 Å². The molecule has 0 aliphatic carbocycles. The average Bonchev–Trinajstić information content (AvgIpc) is 2.77. The molecule has 1 heterocycles. The summed E-state index contributed by atoms with van der Waals surface area (Å²) in [5.74, 6) is 2.68. The molecule has 1 aliphatic rings. The third-order valence-electron chi connectivity index (χ3n) is 5.31. The van der Waals surface area contributed by atoms with Crippen molar-refractivity contribution in [2.75, 3.05) is 33.3 Å². The van der Waals surface area contributed by atoms with E-state index in [1.165, 1.54) is 11.1 Å². The van der Waals surface area contributed by atoms with Crippen molar-refractivity contribution in [3.63, 3.8) is 0 Å². The molecule has 1 fully saturated rings. The Morgan fingerprint density at radius 2 is 1.24 bits per heavy atom. The maximum absolute atomic E-state index is 5.97. The molecular formula is C25H28N2O2. The quantitative estimate of drug-likeness (QED) is 0.580. The van der Waals surface area contributed by atoms with Crippen LogP contribution in [0.3, 0.4) is 0 Å².